The molecule has 1 N–H and O–H groups in total. The van der Waals surface area contributed by atoms with Gasteiger partial charge in [-0.1, -0.05) is 0 Å². The fraction of sp³-hybridized carbons (Fsp3) is 0.455. The van der Waals surface area contributed by atoms with E-state index in [0.717, 1.165) is 26.9 Å². The lowest BCUT2D eigenvalue weighted by Crippen LogP contribution is -2.02. The average molecular weight is 259 g/mol. The van der Waals surface area contributed by atoms with Crippen LogP contribution in [-0.4, -0.2) is 12.2 Å². The first-order valence-electron chi connectivity index (χ1n) is 4.50. The molecule has 1 unspecified atom stereocenters. The normalized spacial score (nSPS) is 12.7. The van der Waals surface area contributed by atoms with Crippen molar-refractivity contribution in [2.75, 3.05) is 7.11 Å². The Bertz CT molecular complexity index is 346. The van der Waals surface area contributed by atoms with Gasteiger partial charge in [0.05, 0.1) is 17.7 Å². The average Bonchev–Trinajstić information content (AvgIpc) is 2.10. The van der Waals surface area contributed by atoms with Crippen molar-refractivity contribution >= 4 is 15.9 Å². The third kappa shape index (κ3) is 1.93. The standard InChI is InChI=1S/C11H15BrO2/c1-6-5-9(12)11(14-4)10(7(6)2)8(3)13/h5,8,13H,1-4H3. The molecule has 78 valence electrons. The maximum absolute atomic E-state index is 9.66. The molecule has 0 heterocycles. The highest BCUT2D eigenvalue weighted by Gasteiger charge is 2.16. The third-order valence-electron chi connectivity index (χ3n) is 2.42. The number of hydrogen-bond acceptors (Lipinski definition) is 2. The number of benzene rings is 1. The smallest absolute Gasteiger partial charge is 0.139 e. The number of halogens is 1. The molecule has 1 rings (SSSR count). The Morgan fingerprint density at radius 3 is 2.43 bits per heavy atom. The number of aliphatic hydroxyl groups is 1. The van der Waals surface area contributed by atoms with Gasteiger partial charge in [0, 0.05) is 5.56 Å². The molecule has 1 aromatic carbocycles. The molecule has 0 radical (unpaired) electrons. The van der Waals surface area contributed by atoms with Gasteiger partial charge in [-0.05, 0) is 53.9 Å². The first-order chi connectivity index (χ1) is 6.49. The maximum Gasteiger partial charge on any atom is 0.139 e. The van der Waals surface area contributed by atoms with Crippen molar-refractivity contribution in [2.24, 2.45) is 0 Å². The van der Waals surface area contributed by atoms with Crippen molar-refractivity contribution in [1.82, 2.24) is 0 Å². The fourth-order valence-electron chi connectivity index (χ4n) is 1.59. The van der Waals surface area contributed by atoms with Crippen LogP contribution in [0.25, 0.3) is 0 Å². The van der Waals surface area contributed by atoms with Crippen molar-refractivity contribution in [2.45, 2.75) is 26.9 Å². The molecule has 0 fully saturated rings. The quantitative estimate of drug-likeness (QED) is 0.884. The summed E-state index contributed by atoms with van der Waals surface area (Å²) in [6.07, 6.45) is -0.513. The summed E-state index contributed by atoms with van der Waals surface area (Å²) in [5.74, 6) is 0.725. The molecule has 0 bridgehead atoms. The van der Waals surface area contributed by atoms with Crippen molar-refractivity contribution < 1.29 is 9.84 Å². The Balaban J connectivity index is 3.48. The summed E-state index contributed by atoms with van der Waals surface area (Å²) < 4.78 is 6.15. The predicted molar refractivity (Wildman–Crippen MR) is 60.8 cm³/mol. The highest BCUT2D eigenvalue weighted by Crippen LogP contribution is 2.37. The zero-order valence-corrected chi connectivity index (χ0v) is 10.5. The van der Waals surface area contributed by atoms with Crippen LogP contribution in [0.4, 0.5) is 0 Å². The maximum atomic E-state index is 9.66. The molecule has 0 aromatic heterocycles. The second-order valence-electron chi connectivity index (χ2n) is 3.42. The van der Waals surface area contributed by atoms with Crippen molar-refractivity contribution in [3.8, 4) is 5.75 Å². The van der Waals surface area contributed by atoms with Crippen molar-refractivity contribution in [1.29, 1.82) is 0 Å². The minimum atomic E-state index is -0.513. The second-order valence-corrected chi connectivity index (χ2v) is 4.28. The van der Waals surface area contributed by atoms with E-state index in [-0.39, 0.29) is 0 Å². The Morgan fingerprint density at radius 2 is 2.00 bits per heavy atom. The summed E-state index contributed by atoms with van der Waals surface area (Å²) >= 11 is 3.42. The van der Waals surface area contributed by atoms with Gasteiger partial charge in [0.25, 0.3) is 0 Å². The molecular formula is C11H15BrO2. The molecule has 2 nitrogen and oxygen atoms in total. The van der Waals surface area contributed by atoms with E-state index in [4.69, 9.17) is 4.74 Å². The lowest BCUT2D eigenvalue weighted by atomic mass is 9.99. The van der Waals surface area contributed by atoms with Gasteiger partial charge in [0.2, 0.25) is 0 Å². The van der Waals surface area contributed by atoms with Crippen molar-refractivity contribution in [3.63, 3.8) is 0 Å². The van der Waals surface area contributed by atoms with E-state index >= 15 is 0 Å². The molecule has 0 amide bonds. The van der Waals surface area contributed by atoms with Crippen LogP contribution in [0, 0.1) is 13.8 Å². The topological polar surface area (TPSA) is 29.5 Å². The van der Waals surface area contributed by atoms with Gasteiger partial charge in [-0.25, -0.2) is 0 Å². The van der Waals surface area contributed by atoms with E-state index in [0.29, 0.717) is 0 Å². The Labute approximate surface area is 93.0 Å². The first kappa shape index (κ1) is 11.5. The number of ether oxygens (including phenoxy) is 1. The number of aliphatic hydroxyl groups excluding tert-OH is 1. The number of aryl methyl sites for hydroxylation is 1. The van der Waals surface area contributed by atoms with Crippen LogP contribution in [0.5, 0.6) is 5.75 Å². The van der Waals surface area contributed by atoms with E-state index in [9.17, 15) is 5.11 Å². The van der Waals surface area contributed by atoms with Gasteiger partial charge in [0.1, 0.15) is 5.75 Å². The Morgan fingerprint density at radius 1 is 1.43 bits per heavy atom. The van der Waals surface area contributed by atoms with Crippen LogP contribution in [0.3, 0.4) is 0 Å². The molecule has 0 aliphatic carbocycles. The molecule has 0 saturated carbocycles. The molecule has 1 atom stereocenters. The minimum Gasteiger partial charge on any atom is -0.495 e. The van der Waals surface area contributed by atoms with E-state index in [1.165, 1.54) is 0 Å². The number of hydrogen-bond donors (Lipinski definition) is 1. The zero-order chi connectivity index (χ0) is 10.9. The van der Waals surface area contributed by atoms with E-state index in [1.54, 1.807) is 14.0 Å². The largest absolute Gasteiger partial charge is 0.495 e. The van der Waals surface area contributed by atoms with Gasteiger partial charge in [-0.2, -0.15) is 0 Å². The second kappa shape index (κ2) is 4.32. The molecule has 0 aliphatic heterocycles. The summed E-state index contributed by atoms with van der Waals surface area (Å²) in [4.78, 5) is 0. The van der Waals surface area contributed by atoms with Crippen LogP contribution in [0.1, 0.15) is 29.7 Å². The number of methoxy groups -OCH3 is 1. The Kier molecular flexibility index (Phi) is 3.56. The van der Waals surface area contributed by atoms with Crippen LogP contribution < -0.4 is 4.74 Å². The van der Waals surface area contributed by atoms with Crippen LogP contribution >= 0.6 is 15.9 Å². The fourth-order valence-corrected chi connectivity index (χ4v) is 2.30. The minimum absolute atomic E-state index is 0.513. The molecular weight excluding hydrogens is 244 g/mol. The molecule has 14 heavy (non-hydrogen) atoms. The SMILES string of the molecule is COc1c(Br)cc(C)c(C)c1C(C)O. The Hall–Kier alpha value is -0.540. The van der Waals surface area contributed by atoms with E-state index in [1.807, 2.05) is 19.9 Å². The lowest BCUT2D eigenvalue weighted by Gasteiger charge is -2.17. The summed E-state index contributed by atoms with van der Waals surface area (Å²) in [6, 6.07) is 2.00. The monoisotopic (exact) mass is 258 g/mol. The van der Waals surface area contributed by atoms with E-state index < -0.39 is 6.10 Å². The summed E-state index contributed by atoms with van der Waals surface area (Å²) in [6.45, 7) is 5.76. The van der Waals surface area contributed by atoms with Crippen LogP contribution in [0.2, 0.25) is 0 Å². The molecule has 0 spiro atoms. The highest BCUT2D eigenvalue weighted by molar-refractivity contribution is 9.10. The third-order valence-corrected chi connectivity index (χ3v) is 3.01. The summed E-state index contributed by atoms with van der Waals surface area (Å²) in [5, 5.41) is 9.66. The summed E-state index contributed by atoms with van der Waals surface area (Å²) in [5.41, 5.74) is 3.09. The van der Waals surface area contributed by atoms with Crippen LogP contribution in [-0.2, 0) is 0 Å². The van der Waals surface area contributed by atoms with Crippen LogP contribution in [0.15, 0.2) is 10.5 Å². The van der Waals surface area contributed by atoms with Crippen molar-refractivity contribution in [3.05, 3.63) is 27.2 Å². The highest BCUT2D eigenvalue weighted by atomic mass is 79.9. The van der Waals surface area contributed by atoms with E-state index in [2.05, 4.69) is 15.9 Å². The first-order valence-corrected chi connectivity index (χ1v) is 5.30. The summed E-state index contributed by atoms with van der Waals surface area (Å²) in [7, 11) is 1.61. The van der Waals surface area contributed by atoms with Gasteiger partial charge < -0.3 is 9.84 Å². The van der Waals surface area contributed by atoms with Gasteiger partial charge in [-0.3, -0.25) is 0 Å². The lowest BCUT2D eigenvalue weighted by molar-refractivity contribution is 0.193. The molecule has 0 aliphatic rings. The van der Waals surface area contributed by atoms with Gasteiger partial charge >= 0.3 is 0 Å². The zero-order valence-electron chi connectivity index (χ0n) is 8.89. The molecule has 1 aromatic rings. The molecule has 3 heteroatoms. The predicted octanol–water partition coefficient (Wildman–Crippen LogP) is 3.13. The van der Waals surface area contributed by atoms with Gasteiger partial charge in [-0.15, -0.1) is 0 Å². The molecule has 0 saturated heterocycles. The van der Waals surface area contributed by atoms with Gasteiger partial charge in [0.15, 0.2) is 0 Å². The number of rotatable bonds is 2.